The molecule has 0 N–H and O–H groups in total. The molecule has 0 bridgehead atoms. The first-order valence-corrected chi connectivity index (χ1v) is 11.8. The Morgan fingerprint density at radius 2 is 1.97 bits per heavy atom. The minimum atomic E-state index is -3.99. The number of benzene rings is 1. The van der Waals surface area contributed by atoms with E-state index < -0.39 is 38.1 Å². The number of amides is 2. The topological polar surface area (TPSA) is 141 Å². The average Bonchev–Trinajstić information content (AvgIpc) is 3.03. The highest BCUT2D eigenvalue weighted by molar-refractivity contribution is 7.92. The zero-order valence-corrected chi connectivity index (χ0v) is 17.8. The van der Waals surface area contributed by atoms with Crippen LogP contribution < -0.4 is 4.80 Å². The zero-order valence-electron chi connectivity index (χ0n) is 16.1. The molecule has 2 amide bonds. The summed E-state index contributed by atoms with van der Waals surface area (Å²) >= 11 is 1.06. The van der Waals surface area contributed by atoms with Crippen molar-refractivity contribution in [3.05, 3.63) is 33.1 Å². The van der Waals surface area contributed by atoms with Gasteiger partial charge in [0, 0.05) is 31.8 Å². The standard InChI is InChI=1S/C17H20N4O7S2/c1-2-20-13-4-3-12(21(24)25)9-14(13)29-17(20)18-15(22)10-30(26,27)11-16(23)19-5-7-28-8-6-19/h3-4,9H,2,5-8,10-11H2,1H3. The Balaban J connectivity index is 1.80. The normalized spacial score (nSPS) is 15.5. The summed E-state index contributed by atoms with van der Waals surface area (Å²) in [6.07, 6.45) is 0. The van der Waals surface area contributed by atoms with Crippen LogP contribution in [0, 0.1) is 10.1 Å². The van der Waals surface area contributed by atoms with Gasteiger partial charge in [0.2, 0.25) is 5.91 Å². The van der Waals surface area contributed by atoms with Gasteiger partial charge in [-0.1, -0.05) is 11.3 Å². The van der Waals surface area contributed by atoms with E-state index in [1.165, 1.54) is 17.0 Å². The quantitative estimate of drug-likeness (QED) is 0.450. The number of nitro benzene ring substituents is 1. The van der Waals surface area contributed by atoms with Gasteiger partial charge in [0.15, 0.2) is 14.6 Å². The number of morpholine rings is 1. The Morgan fingerprint density at radius 1 is 1.27 bits per heavy atom. The lowest BCUT2D eigenvalue weighted by molar-refractivity contribution is -0.384. The molecule has 2 heterocycles. The minimum absolute atomic E-state index is 0.0888. The van der Waals surface area contributed by atoms with Crippen molar-refractivity contribution in [3.63, 3.8) is 0 Å². The fourth-order valence-electron chi connectivity index (χ4n) is 3.04. The second-order valence-electron chi connectivity index (χ2n) is 6.57. The van der Waals surface area contributed by atoms with Crippen LogP contribution in [0.3, 0.4) is 0 Å². The molecule has 1 aromatic carbocycles. The van der Waals surface area contributed by atoms with Gasteiger partial charge in [-0.25, -0.2) is 8.42 Å². The van der Waals surface area contributed by atoms with E-state index in [0.717, 1.165) is 11.3 Å². The number of fused-ring (bicyclic) bond motifs is 1. The molecule has 162 valence electrons. The summed E-state index contributed by atoms with van der Waals surface area (Å²) in [4.78, 5) is 40.4. The third-order valence-electron chi connectivity index (χ3n) is 4.46. The van der Waals surface area contributed by atoms with Gasteiger partial charge in [-0.2, -0.15) is 4.99 Å². The Kier molecular flexibility index (Phi) is 6.63. The van der Waals surface area contributed by atoms with Crippen LogP contribution in [0.1, 0.15) is 6.92 Å². The first-order chi connectivity index (χ1) is 14.2. The average molecular weight is 457 g/mol. The van der Waals surface area contributed by atoms with Gasteiger partial charge in [-0.05, 0) is 13.0 Å². The Labute approximate surface area is 175 Å². The van der Waals surface area contributed by atoms with E-state index in [2.05, 4.69) is 4.99 Å². The predicted molar refractivity (Wildman–Crippen MR) is 109 cm³/mol. The van der Waals surface area contributed by atoms with Gasteiger partial charge in [-0.3, -0.25) is 19.7 Å². The Morgan fingerprint density at radius 3 is 2.60 bits per heavy atom. The van der Waals surface area contributed by atoms with Crippen molar-refractivity contribution in [1.29, 1.82) is 0 Å². The highest BCUT2D eigenvalue weighted by Crippen LogP contribution is 2.23. The fraction of sp³-hybridized carbons (Fsp3) is 0.471. The van der Waals surface area contributed by atoms with Crippen LogP contribution in [-0.2, 0) is 30.7 Å². The maximum absolute atomic E-state index is 12.3. The number of hydrogen-bond donors (Lipinski definition) is 0. The van der Waals surface area contributed by atoms with E-state index in [1.807, 2.05) is 6.92 Å². The van der Waals surface area contributed by atoms with Gasteiger partial charge in [0.05, 0.1) is 28.4 Å². The molecule has 0 spiro atoms. The lowest BCUT2D eigenvalue weighted by Crippen LogP contribution is -2.43. The van der Waals surface area contributed by atoms with E-state index in [1.54, 1.807) is 10.6 Å². The molecule has 30 heavy (non-hydrogen) atoms. The first-order valence-electron chi connectivity index (χ1n) is 9.11. The molecule has 1 aliphatic rings. The van der Waals surface area contributed by atoms with Crippen molar-refractivity contribution >= 4 is 48.9 Å². The Bertz CT molecular complexity index is 1160. The number of aromatic nitrogens is 1. The van der Waals surface area contributed by atoms with Crippen LogP contribution in [0.25, 0.3) is 10.2 Å². The van der Waals surface area contributed by atoms with Crippen LogP contribution >= 0.6 is 11.3 Å². The molecule has 0 radical (unpaired) electrons. The third-order valence-corrected chi connectivity index (χ3v) is 6.88. The molecule has 1 fully saturated rings. The summed E-state index contributed by atoms with van der Waals surface area (Å²) < 4.78 is 31.9. The molecule has 1 saturated heterocycles. The van der Waals surface area contributed by atoms with E-state index in [0.29, 0.717) is 43.1 Å². The molecule has 0 saturated carbocycles. The number of ether oxygens (including phenoxy) is 1. The number of non-ortho nitro benzene ring substituents is 1. The lowest BCUT2D eigenvalue weighted by Gasteiger charge is -2.26. The number of hydrogen-bond acceptors (Lipinski definition) is 8. The van der Waals surface area contributed by atoms with Crippen LogP contribution in [0.5, 0.6) is 0 Å². The highest BCUT2D eigenvalue weighted by atomic mass is 32.2. The second kappa shape index (κ2) is 9.02. The number of carbonyl (C=O) groups is 2. The molecular weight excluding hydrogens is 436 g/mol. The van der Waals surface area contributed by atoms with E-state index in [-0.39, 0.29) is 10.5 Å². The maximum Gasteiger partial charge on any atom is 0.270 e. The van der Waals surface area contributed by atoms with Crippen molar-refractivity contribution in [2.75, 3.05) is 37.8 Å². The van der Waals surface area contributed by atoms with Crippen LogP contribution in [0.4, 0.5) is 5.69 Å². The van der Waals surface area contributed by atoms with Gasteiger partial charge < -0.3 is 14.2 Å². The number of sulfone groups is 1. The molecule has 13 heteroatoms. The fourth-order valence-corrected chi connectivity index (χ4v) is 5.28. The SMILES string of the molecule is CCn1c(=NC(=O)CS(=O)(=O)CC(=O)N2CCOCC2)sc2cc([N+](=O)[O-])ccc21. The molecular formula is C17H20N4O7S2. The maximum atomic E-state index is 12.3. The zero-order chi connectivity index (χ0) is 21.9. The monoisotopic (exact) mass is 456 g/mol. The van der Waals surface area contributed by atoms with Crippen molar-refractivity contribution in [2.45, 2.75) is 13.5 Å². The number of thiazole rings is 1. The molecule has 0 unspecified atom stereocenters. The molecule has 0 aliphatic carbocycles. The second-order valence-corrected chi connectivity index (χ2v) is 9.64. The number of aryl methyl sites for hydroxylation is 1. The van der Waals surface area contributed by atoms with Crippen LogP contribution in [0.2, 0.25) is 0 Å². The molecule has 2 aromatic rings. The van der Waals surface area contributed by atoms with Crippen molar-refractivity contribution < 1.29 is 27.7 Å². The first kappa shape index (κ1) is 22.1. The number of nitrogens with zero attached hydrogens (tertiary/aromatic N) is 4. The third kappa shape index (κ3) is 5.09. The molecule has 1 aliphatic heterocycles. The van der Waals surface area contributed by atoms with Gasteiger partial charge >= 0.3 is 0 Å². The number of carbonyl (C=O) groups excluding carboxylic acids is 2. The van der Waals surface area contributed by atoms with E-state index in [9.17, 15) is 28.1 Å². The molecule has 3 rings (SSSR count). The summed E-state index contributed by atoms with van der Waals surface area (Å²) in [5.74, 6) is -3.11. The van der Waals surface area contributed by atoms with Crippen LogP contribution in [-0.4, -0.2) is 72.4 Å². The van der Waals surface area contributed by atoms with Crippen molar-refractivity contribution in [1.82, 2.24) is 9.47 Å². The summed E-state index contributed by atoms with van der Waals surface area (Å²) in [5, 5.41) is 11.0. The lowest BCUT2D eigenvalue weighted by atomic mass is 10.3. The highest BCUT2D eigenvalue weighted by Gasteiger charge is 2.25. The van der Waals surface area contributed by atoms with Gasteiger partial charge in [-0.15, -0.1) is 0 Å². The van der Waals surface area contributed by atoms with Crippen molar-refractivity contribution in [3.8, 4) is 0 Å². The number of nitro groups is 1. The number of rotatable bonds is 6. The Hall–Kier alpha value is -2.64. The largest absolute Gasteiger partial charge is 0.378 e. The summed E-state index contributed by atoms with van der Waals surface area (Å²) in [7, 11) is -3.99. The van der Waals surface area contributed by atoms with E-state index >= 15 is 0 Å². The van der Waals surface area contributed by atoms with E-state index in [4.69, 9.17) is 4.74 Å². The minimum Gasteiger partial charge on any atom is -0.378 e. The smallest absolute Gasteiger partial charge is 0.270 e. The summed E-state index contributed by atoms with van der Waals surface area (Å²) in [6, 6.07) is 4.30. The summed E-state index contributed by atoms with van der Waals surface area (Å²) in [6.45, 7) is 3.58. The van der Waals surface area contributed by atoms with Crippen molar-refractivity contribution in [2.24, 2.45) is 4.99 Å². The molecule has 0 atom stereocenters. The predicted octanol–water partition coefficient (Wildman–Crippen LogP) is 0.332. The van der Waals surface area contributed by atoms with Gasteiger partial charge in [0.1, 0.15) is 11.5 Å². The van der Waals surface area contributed by atoms with Crippen LogP contribution in [0.15, 0.2) is 23.2 Å². The van der Waals surface area contributed by atoms with Gasteiger partial charge in [0.25, 0.3) is 11.6 Å². The summed E-state index contributed by atoms with van der Waals surface area (Å²) in [5.41, 5.74) is 0.569. The molecule has 1 aromatic heterocycles. The molecule has 11 nitrogen and oxygen atoms in total.